The molecule has 1 aromatic heterocycles. The van der Waals surface area contributed by atoms with Gasteiger partial charge in [0.15, 0.2) is 5.75 Å². The number of hydrogen-bond donors (Lipinski definition) is 3. The number of aromatic hydroxyl groups is 1. The van der Waals surface area contributed by atoms with Gasteiger partial charge in [0, 0.05) is 12.7 Å². The minimum atomic E-state index is -0.489. The first-order valence-electron chi connectivity index (χ1n) is 6.25. The summed E-state index contributed by atoms with van der Waals surface area (Å²) in [5, 5.41) is 11.5. The van der Waals surface area contributed by atoms with E-state index < -0.39 is 5.56 Å². The Morgan fingerprint density at radius 1 is 1.00 bits per heavy atom. The second-order valence-electron chi connectivity index (χ2n) is 4.27. The van der Waals surface area contributed by atoms with Crippen molar-refractivity contribution in [3.05, 3.63) is 76.7 Å². The molecule has 4 heteroatoms. The predicted octanol–water partition coefficient (Wildman–Crippen LogP) is 2.38. The van der Waals surface area contributed by atoms with Gasteiger partial charge in [-0.2, -0.15) is 0 Å². The van der Waals surface area contributed by atoms with Gasteiger partial charge in [0.05, 0.1) is 0 Å². The first kappa shape index (κ1) is 13.8. The maximum atomic E-state index is 10.5. The van der Waals surface area contributed by atoms with E-state index >= 15 is 0 Å². The Labute approximate surface area is 116 Å². The number of benzene rings is 2. The van der Waals surface area contributed by atoms with Crippen molar-refractivity contribution in [2.75, 3.05) is 0 Å². The maximum Gasteiger partial charge on any atom is 0.290 e. The molecule has 0 radical (unpaired) electrons. The fourth-order valence-electron chi connectivity index (χ4n) is 1.77. The number of fused-ring (bicyclic) bond motifs is 1. The van der Waals surface area contributed by atoms with Crippen LogP contribution < -0.4 is 11.3 Å². The highest BCUT2D eigenvalue weighted by atomic mass is 16.3. The van der Waals surface area contributed by atoms with E-state index in [1.165, 1.54) is 23.0 Å². The smallest absolute Gasteiger partial charge is 0.290 e. The Morgan fingerprint density at radius 2 is 1.50 bits per heavy atom. The molecule has 0 spiro atoms. The average Bonchev–Trinajstić information content (AvgIpc) is 2.51. The lowest BCUT2D eigenvalue weighted by atomic mass is 10.1. The van der Waals surface area contributed by atoms with E-state index in [9.17, 15) is 4.79 Å². The summed E-state index contributed by atoms with van der Waals surface area (Å²) >= 11 is 0. The second-order valence-corrected chi connectivity index (χ2v) is 4.27. The molecule has 20 heavy (non-hydrogen) atoms. The summed E-state index contributed by atoms with van der Waals surface area (Å²) in [6.07, 6.45) is 1.47. The Hall–Kier alpha value is -2.59. The molecule has 0 aliphatic heterocycles. The predicted molar refractivity (Wildman–Crippen MR) is 80.6 cm³/mol. The minimum absolute atomic E-state index is 0.289. The summed E-state index contributed by atoms with van der Waals surface area (Å²) in [4.78, 5) is 12.9. The largest absolute Gasteiger partial charge is 0.503 e. The molecule has 4 nitrogen and oxygen atoms in total. The van der Waals surface area contributed by atoms with Crippen molar-refractivity contribution in [3.8, 4) is 5.75 Å². The lowest BCUT2D eigenvalue weighted by Gasteiger charge is -1.94. The van der Waals surface area contributed by atoms with Crippen molar-refractivity contribution in [2.24, 2.45) is 5.73 Å². The molecule has 0 saturated heterocycles. The number of nitrogens with two attached hydrogens (primary N) is 1. The van der Waals surface area contributed by atoms with Gasteiger partial charge in [0.2, 0.25) is 0 Å². The van der Waals surface area contributed by atoms with Gasteiger partial charge in [-0.1, -0.05) is 48.5 Å². The molecule has 102 valence electrons. The SMILES string of the molecule is NCc1c[nH]c(=O)c(O)c1.c1ccc2ccccc2c1. The highest BCUT2D eigenvalue weighted by Gasteiger charge is 1.95. The van der Waals surface area contributed by atoms with Crippen molar-refractivity contribution in [2.45, 2.75) is 6.54 Å². The molecule has 3 rings (SSSR count). The quantitative estimate of drug-likeness (QED) is 0.634. The van der Waals surface area contributed by atoms with Crippen molar-refractivity contribution in [3.63, 3.8) is 0 Å². The molecule has 0 bridgehead atoms. The summed E-state index contributed by atoms with van der Waals surface area (Å²) in [6.45, 7) is 0.310. The summed E-state index contributed by atoms with van der Waals surface area (Å²) in [7, 11) is 0. The molecule has 0 atom stereocenters. The van der Waals surface area contributed by atoms with E-state index in [2.05, 4.69) is 53.5 Å². The van der Waals surface area contributed by atoms with Crippen LogP contribution in [0, 0.1) is 0 Å². The lowest BCUT2D eigenvalue weighted by Crippen LogP contribution is -2.06. The zero-order valence-electron chi connectivity index (χ0n) is 10.9. The molecular formula is C16H16N2O2. The number of hydrogen-bond acceptors (Lipinski definition) is 3. The Morgan fingerprint density at radius 3 is 1.90 bits per heavy atom. The lowest BCUT2D eigenvalue weighted by molar-refractivity contribution is 0.465. The third-order valence-electron chi connectivity index (χ3n) is 2.84. The zero-order valence-corrected chi connectivity index (χ0v) is 10.9. The minimum Gasteiger partial charge on any atom is -0.503 e. The first-order valence-corrected chi connectivity index (χ1v) is 6.25. The molecule has 2 aromatic carbocycles. The third kappa shape index (κ3) is 3.46. The van der Waals surface area contributed by atoms with Gasteiger partial charge in [0.25, 0.3) is 5.56 Å². The van der Waals surface area contributed by atoms with Crippen LogP contribution in [0.2, 0.25) is 0 Å². The number of aromatic nitrogens is 1. The van der Waals surface area contributed by atoms with Gasteiger partial charge < -0.3 is 15.8 Å². The Kier molecular flexibility index (Phi) is 4.52. The van der Waals surface area contributed by atoms with Gasteiger partial charge in [-0.25, -0.2) is 0 Å². The molecule has 0 aliphatic rings. The van der Waals surface area contributed by atoms with Crippen molar-refractivity contribution >= 4 is 10.8 Å². The van der Waals surface area contributed by atoms with E-state index in [0.717, 1.165) is 0 Å². The van der Waals surface area contributed by atoms with Crippen molar-refractivity contribution in [1.29, 1.82) is 0 Å². The van der Waals surface area contributed by atoms with Crippen molar-refractivity contribution in [1.82, 2.24) is 4.98 Å². The van der Waals surface area contributed by atoms with Gasteiger partial charge in [-0.15, -0.1) is 0 Å². The standard InChI is InChI=1S/C10H8.C6H8N2O2/c1-2-6-10-8-4-3-7-9(10)5-1;7-2-4-1-5(9)6(10)8-3-4/h1-8H;1,3,9H,2,7H2,(H,8,10). The molecule has 0 saturated carbocycles. The van der Waals surface area contributed by atoms with E-state index in [0.29, 0.717) is 12.1 Å². The van der Waals surface area contributed by atoms with Crippen LogP contribution >= 0.6 is 0 Å². The molecule has 0 aliphatic carbocycles. The van der Waals surface area contributed by atoms with Crippen LogP contribution in [0.4, 0.5) is 0 Å². The van der Waals surface area contributed by atoms with Crippen LogP contribution in [0.5, 0.6) is 5.75 Å². The Balaban J connectivity index is 0.000000147. The summed E-state index contributed by atoms with van der Waals surface area (Å²) in [5.74, 6) is -0.289. The molecule has 0 unspecified atom stereocenters. The maximum absolute atomic E-state index is 10.5. The van der Waals surface area contributed by atoms with Gasteiger partial charge in [-0.05, 0) is 22.4 Å². The van der Waals surface area contributed by atoms with Crippen LogP contribution in [0.15, 0.2) is 65.6 Å². The van der Waals surface area contributed by atoms with Gasteiger partial charge in [0.1, 0.15) is 0 Å². The highest BCUT2D eigenvalue weighted by Crippen LogP contribution is 2.11. The van der Waals surface area contributed by atoms with Crippen LogP contribution in [0.25, 0.3) is 10.8 Å². The number of rotatable bonds is 1. The molecular weight excluding hydrogens is 252 g/mol. The van der Waals surface area contributed by atoms with Gasteiger partial charge >= 0.3 is 0 Å². The van der Waals surface area contributed by atoms with Crippen LogP contribution in [-0.2, 0) is 6.54 Å². The second kappa shape index (κ2) is 6.54. The molecule has 0 amide bonds. The fraction of sp³-hybridized carbons (Fsp3) is 0.0625. The number of H-pyrrole nitrogens is 1. The zero-order chi connectivity index (χ0) is 14.4. The van der Waals surface area contributed by atoms with E-state index in [-0.39, 0.29) is 5.75 Å². The Bertz CT molecular complexity index is 685. The van der Waals surface area contributed by atoms with Crippen molar-refractivity contribution < 1.29 is 5.11 Å². The third-order valence-corrected chi connectivity index (χ3v) is 2.84. The highest BCUT2D eigenvalue weighted by molar-refractivity contribution is 5.81. The van der Waals surface area contributed by atoms with E-state index in [1.807, 2.05) is 0 Å². The molecule has 4 N–H and O–H groups in total. The molecule has 3 aromatic rings. The first-order chi connectivity index (χ1) is 9.70. The average molecular weight is 268 g/mol. The molecule has 1 heterocycles. The topological polar surface area (TPSA) is 79.1 Å². The summed E-state index contributed by atoms with van der Waals surface area (Å²) in [5.41, 5.74) is 5.45. The fourth-order valence-corrected chi connectivity index (χ4v) is 1.77. The summed E-state index contributed by atoms with van der Waals surface area (Å²) in [6, 6.07) is 18.1. The number of pyridine rings is 1. The van der Waals surface area contributed by atoms with E-state index in [4.69, 9.17) is 10.8 Å². The van der Waals surface area contributed by atoms with Gasteiger partial charge in [-0.3, -0.25) is 4.79 Å². The van der Waals surface area contributed by atoms with Crippen LogP contribution in [0.3, 0.4) is 0 Å². The summed E-state index contributed by atoms with van der Waals surface area (Å²) < 4.78 is 0. The molecule has 0 fully saturated rings. The number of aromatic amines is 1. The monoisotopic (exact) mass is 268 g/mol. The van der Waals surface area contributed by atoms with E-state index in [1.54, 1.807) is 0 Å². The normalized spacial score (nSPS) is 9.85. The number of nitrogens with one attached hydrogen (secondary N) is 1. The van der Waals surface area contributed by atoms with Crippen LogP contribution in [0.1, 0.15) is 5.56 Å². The van der Waals surface area contributed by atoms with Crippen LogP contribution in [-0.4, -0.2) is 10.1 Å².